The van der Waals surface area contributed by atoms with Crippen LogP contribution in [0.1, 0.15) is 30.1 Å². The van der Waals surface area contributed by atoms with Crippen LogP contribution < -0.4 is 9.47 Å². The first-order valence-electron chi connectivity index (χ1n) is 8.57. The van der Waals surface area contributed by atoms with Crippen LogP contribution in [-0.4, -0.2) is 22.5 Å². The Kier molecular flexibility index (Phi) is 5.61. The third-order valence-corrected chi connectivity index (χ3v) is 3.96. The Hall–Kier alpha value is -3.48. The molecule has 0 amide bonds. The third kappa shape index (κ3) is 4.20. The van der Waals surface area contributed by atoms with Gasteiger partial charge in [0, 0.05) is 17.6 Å². The molecule has 0 atom stereocenters. The first-order chi connectivity index (χ1) is 13.1. The fraction of sp³-hybridized carbons (Fsp3) is 0.200. The second-order valence-electron chi connectivity index (χ2n) is 5.86. The summed E-state index contributed by atoms with van der Waals surface area (Å²) in [7, 11) is 0. The van der Waals surface area contributed by atoms with E-state index in [4.69, 9.17) is 9.47 Å². The Morgan fingerprint density at radius 2 is 1.93 bits per heavy atom. The number of carbonyl (C=O) groups is 1. The number of rotatable bonds is 7. The van der Waals surface area contributed by atoms with Crippen LogP contribution >= 0.6 is 0 Å². The van der Waals surface area contributed by atoms with Gasteiger partial charge in [0.25, 0.3) is 0 Å². The largest absolute Gasteiger partial charge is 0.494 e. The summed E-state index contributed by atoms with van der Waals surface area (Å²) in [5.74, 6) is -0.208. The summed E-state index contributed by atoms with van der Waals surface area (Å²) in [6, 6.07) is 12.8. The van der Waals surface area contributed by atoms with Crippen LogP contribution in [0.3, 0.4) is 0 Å². The topological polar surface area (TPSA) is 91.6 Å². The van der Waals surface area contributed by atoms with Crippen LogP contribution in [0.15, 0.2) is 54.7 Å². The van der Waals surface area contributed by atoms with Crippen molar-refractivity contribution >= 4 is 22.6 Å². The lowest BCUT2D eigenvalue weighted by molar-refractivity contribution is -0.385. The van der Waals surface area contributed by atoms with Crippen molar-refractivity contribution in [2.24, 2.45) is 0 Å². The highest BCUT2D eigenvalue weighted by Crippen LogP contribution is 2.34. The van der Waals surface area contributed by atoms with Gasteiger partial charge in [-0.3, -0.25) is 15.1 Å². The average molecular weight is 366 g/mol. The van der Waals surface area contributed by atoms with Crippen LogP contribution in [-0.2, 0) is 0 Å². The highest BCUT2D eigenvalue weighted by atomic mass is 16.6. The molecular weight excluding hydrogens is 348 g/mol. The number of benzene rings is 2. The fourth-order valence-electron chi connectivity index (χ4n) is 2.53. The smallest absolute Gasteiger partial charge is 0.343 e. The van der Waals surface area contributed by atoms with Gasteiger partial charge in [-0.15, -0.1) is 0 Å². The number of pyridine rings is 1. The molecule has 0 N–H and O–H groups in total. The number of carbonyl (C=O) groups excluding carboxylic acids is 1. The number of hydrogen-bond donors (Lipinski definition) is 0. The van der Waals surface area contributed by atoms with Crippen molar-refractivity contribution in [2.45, 2.75) is 19.8 Å². The zero-order valence-corrected chi connectivity index (χ0v) is 14.8. The van der Waals surface area contributed by atoms with E-state index >= 15 is 0 Å². The summed E-state index contributed by atoms with van der Waals surface area (Å²) in [4.78, 5) is 27.3. The lowest BCUT2D eigenvalue weighted by Gasteiger charge is -2.09. The molecule has 0 unspecified atom stereocenters. The minimum atomic E-state index is -0.698. The molecule has 0 saturated carbocycles. The van der Waals surface area contributed by atoms with Gasteiger partial charge in [0.2, 0.25) is 5.75 Å². The Balaban J connectivity index is 1.85. The molecule has 0 aliphatic heterocycles. The van der Waals surface area contributed by atoms with Crippen LogP contribution in [0.5, 0.6) is 11.5 Å². The molecular formula is C20H18N2O5. The van der Waals surface area contributed by atoms with Gasteiger partial charge in [0.1, 0.15) is 11.3 Å². The highest BCUT2D eigenvalue weighted by molar-refractivity contribution is 5.96. The van der Waals surface area contributed by atoms with E-state index in [1.807, 2.05) is 0 Å². The van der Waals surface area contributed by atoms with E-state index in [9.17, 15) is 14.9 Å². The molecule has 0 aliphatic rings. The lowest BCUT2D eigenvalue weighted by Crippen LogP contribution is -2.10. The maximum absolute atomic E-state index is 12.5. The second kappa shape index (κ2) is 8.27. The number of ether oxygens (including phenoxy) is 2. The van der Waals surface area contributed by atoms with E-state index in [2.05, 4.69) is 11.9 Å². The Morgan fingerprint density at radius 1 is 1.15 bits per heavy atom. The van der Waals surface area contributed by atoms with Crippen LogP contribution in [0, 0.1) is 10.1 Å². The minimum absolute atomic E-state index is 0.161. The molecule has 0 spiro atoms. The van der Waals surface area contributed by atoms with E-state index in [1.54, 1.807) is 42.5 Å². The second-order valence-corrected chi connectivity index (χ2v) is 5.86. The summed E-state index contributed by atoms with van der Waals surface area (Å²) < 4.78 is 10.9. The average Bonchev–Trinajstić information content (AvgIpc) is 2.68. The first-order valence-corrected chi connectivity index (χ1v) is 8.57. The number of esters is 1. The molecule has 0 fully saturated rings. The van der Waals surface area contributed by atoms with Gasteiger partial charge in [-0.1, -0.05) is 19.4 Å². The summed E-state index contributed by atoms with van der Waals surface area (Å²) in [5, 5.41) is 12.0. The summed E-state index contributed by atoms with van der Waals surface area (Å²) in [6.07, 6.45) is 3.47. The summed E-state index contributed by atoms with van der Waals surface area (Å²) in [6.45, 7) is 2.68. The van der Waals surface area contributed by atoms with Crippen molar-refractivity contribution in [1.29, 1.82) is 0 Å². The molecule has 0 bridgehead atoms. The molecule has 138 valence electrons. The van der Waals surface area contributed by atoms with Crippen molar-refractivity contribution in [3.63, 3.8) is 0 Å². The zero-order chi connectivity index (χ0) is 19.2. The van der Waals surface area contributed by atoms with E-state index in [-0.39, 0.29) is 22.5 Å². The molecule has 1 heterocycles. The Bertz CT molecular complexity index is 970. The van der Waals surface area contributed by atoms with Gasteiger partial charge in [-0.05, 0) is 42.8 Å². The lowest BCUT2D eigenvalue weighted by atomic mass is 10.1. The van der Waals surface area contributed by atoms with E-state index < -0.39 is 10.9 Å². The molecule has 7 heteroatoms. The van der Waals surface area contributed by atoms with Crippen LogP contribution in [0.4, 0.5) is 5.69 Å². The number of fused-ring (bicyclic) bond motifs is 1. The van der Waals surface area contributed by atoms with Crippen LogP contribution in [0.25, 0.3) is 10.9 Å². The molecule has 0 aliphatic carbocycles. The quantitative estimate of drug-likeness (QED) is 0.200. The van der Waals surface area contributed by atoms with Crippen molar-refractivity contribution in [1.82, 2.24) is 4.98 Å². The molecule has 7 nitrogen and oxygen atoms in total. The van der Waals surface area contributed by atoms with Crippen molar-refractivity contribution < 1.29 is 19.2 Å². The molecule has 2 aromatic carbocycles. The van der Waals surface area contributed by atoms with Gasteiger partial charge in [-0.2, -0.15) is 0 Å². The standard InChI is InChI=1S/C20H18N2O5/c1-2-3-13-26-16-9-6-15(7-10-16)20(23)27-19-17(22(24)25)11-8-14-5-4-12-21-18(14)19/h4-12H,2-3,13H2,1H3. The van der Waals surface area contributed by atoms with Gasteiger partial charge in [0.15, 0.2) is 0 Å². The maximum Gasteiger partial charge on any atom is 0.343 e. The highest BCUT2D eigenvalue weighted by Gasteiger charge is 2.23. The van der Waals surface area contributed by atoms with Crippen molar-refractivity contribution in [3.8, 4) is 11.5 Å². The maximum atomic E-state index is 12.5. The van der Waals surface area contributed by atoms with E-state index in [0.29, 0.717) is 17.7 Å². The summed E-state index contributed by atoms with van der Waals surface area (Å²) >= 11 is 0. The predicted molar refractivity (Wildman–Crippen MR) is 100 cm³/mol. The molecule has 1 aromatic heterocycles. The normalized spacial score (nSPS) is 10.6. The SMILES string of the molecule is CCCCOc1ccc(C(=O)Oc2c([N+](=O)[O-])ccc3cccnc23)cc1. The molecule has 3 aromatic rings. The molecule has 0 saturated heterocycles. The number of nitro groups is 1. The van der Waals surface area contributed by atoms with Gasteiger partial charge >= 0.3 is 11.7 Å². The summed E-state index contributed by atoms with van der Waals surface area (Å²) in [5.41, 5.74) is 0.216. The van der Waals surface area contributed by atoms with Gasteiger partial charge < -0.3 is 9.47 Å². The number of nitro benzene ring substituents is 1. The minimum Gasteiger partial charge on any atom is -0.494 e. The molecule has 0 radical (unpaired) electrons. The fourth-order valence-corrected chi connectivity index (χ4v) is 2.53. The first kappa shape index (κ1) is 18.3. The number of hydrogen-bond acceptors (Lipinski definition) is 6. The predicted octanol–water partition coefficient (Wildman–Crippen LogP) is 4.54. The number of nitrogens with zero attached hydrogens (tertiary/aromatic N) is 2. The third-order valence-electron chi connectivity index (χ3n) is 3.96. The monoisotopic (exact) mass is 366 g/mol. The molecule has 27 heavy (non-hydrogen) atoms. The zero-order valence-electron chi connectivity index (χ0n) is 14.8. The Labute approximate surface area is 155 Å². The van der Waals surface area contributed by atoms with Crippen LogP contribution in [0.2, 0.25) is 0 Å². The molecule has 3 rings (SSSR count). The number of unbranched alkanes of at least 4 members (excludes halogenated alkanes) is 1. The van der Waals surface area contributed by atoms with E-state index in [1.165, 1.54) is 12.3 Å². The number of aromatic nitrogens is 1. The van der Waals surface area contributed by atoms with Gasteiger partial charge in [-0.25, -0.2) is 4.79 Å². The van der Waals surface area contributed by atoms with E-state index in [0.717, 1.165) is 12.8 Å². The van der Waals surface area contributed by atoms with Crippen molar-refractivity contribution in [3.05, 3.63) is 70.4 Å². The van der Waals surface area contributed by atoms with Crippen molar-refractivity contribution in [2.75, 3.05) is 6.61 Å². The Morgan fingerprint density at radius 3 is 2.63 bits per heavy atom. The van der Waals surface area contributed by atoms with Gasteiger partial charge in [0.05, 0.1) is 17.1 Å².